The molecule has 0 bridgehead atoms. The quantitative estimate of drug-likeness (QED) is 0.574. The number of nitrogens with one attached hydrogen (secondary N) is 2. The number of hydrazone groups is 1. The van der Waals surface area contributed by atoms with Crippen LogP contribution in [0, 0.1) is 0 Å². The normalized spacial score (nSPS) is 15.5. The number of hydrogen-bond donors (Lipinski definition) is 3. The highest BCUT2D eigenvalue weighted by atomic mass is 16.3. The van der Waals surface area contributed by atoms with Crippen LogP contribution in [0.4, 0.5) is 0 Å². The second-order valence-electron chi connectivity index (χ2n) is 6.76. The first-order valence-electron chi connectivity index (χ1n) is 9.49. The SMILES string of the molecule is O=C(NN[C@H]1CC(c2ccccc2O)=NN1C(=O)c1ccccc1)c1ccccc1. The minimum Gasteiger partial charge on any atom is -0.507 e. The molecule has 1 atom stereocenters. The molecule has 7 heteroatoms. The van der Waals surface area contributed by atoms with Crippen molar-refractivity contribution in [2.45, 2.75) is 12.6 Å². The smallest absolute Gasteiger partial charge is 0.275 e. The molecule has 0 saturated carbocycles. The van der Waals surface area contributed by atoms with Crippen LogP contribution in [0.3, 0.4) is 0 Å². The third-order valence-corrected chi connectivity index (χ3v) is 4.74. The lowest BCUT2D eigenvalue weighted by Crippen LogP contribution is -2.51. The molecule has 0 spiro atoms. The van der Waals surface area contributed by atoms with Crippen molar-refractivity contribution in [3.63, 3.8) is 0 Å². The first kappa shape index (κ1) is 19.4. The van der Waals surface area contributed by atoms with Crippen molar-refractivity contribution in [3.8, 4) is 5.75 Å². The lowest BCUT2D eigenvalue weighted by atomic mass is 10.1. The third kappa shape index (κ3) is 4.06. The fraction of sp³-hybridized carbons (Fsp3) is 0.0870. The summed E-state index contributed by atoms with van der Waals surface area (Å²) in [6, 6.07) is 24.4. The molecule has 0 saturated heterocycles. The molecule has 0 unspecified atom stereocenters. The fourth-order valence-corrected chi connectivity index (χ4v) is 3.21. The molecule has 1 heterocycles. The Balaban J connectivity index is 1.57. The number of hydrogen-bond acceptors (Lipinski definition) is 5. The molecule has 0 fully saturated rings. The van der Waals surface area contributed by atoms with Crippen LogP contribution < -0.4 is 10.9 Å². The molecular formula is C23H20N4O3. The maximum absolute atomic E-state index is 13.0. The number of para-hydroxylation sites is 1. The molecule has 0 radical (unpaired) electrons. The zero-order valence-corrected chi connectivity index (χ0v) is 16.0. The van der Waals surface area contributed by atoms with Gasteiger partial charge in [-0.2, -0.15) is 5.10 Å². The second-order valence-corrected chi connectivity index (χ2v) is 6.76. The van der Waals surface area contributed by atoms with Gasteiger partial charge in [0.25, 0.3) is 11.8 Å². The van der Waals surface area contributed by atoms with E-state index in [0.29, 0.717) is 28.8 Å². The van der Waals surface area contributed by atoms with E-state index in [4.69, 9.17) is 0 Å². The zero-order chi connectivity index (χ0) is 20.9. The highest BCUT2D eigenvalue weighted by Crippen LogP contribution is 2.25. The second kappa shape index (κ2) is 8.59. The van der Waals surface area contributed by atoms with Gasteiger partial charge >= 0.3 is 0 Å². The van der Waals surface area contributed by atoms with E-state index in [9.17, 15) is 14.7 Å². The summed E-state index contributed by atoms with van der Waals surface area (Å²) in [5.74, 6) is -0.552. The number of amides is 2. The molecule has 3 aromatic carbocycles. The summed E-state index contributed by atoms with van der Waals surface area (Å²) < 4.78 is 0. The van der Waals surface area contributed by atoms with Gasteiger partial charge in [-0.25, -0.2) is 10.4 Å². The monoisotopic (exact) mass is 400 g/mol. The van der Waals surface area contributed by atoms with Gasteiger partial charge in [0.15, 0.2) is 0 Å². The topological polar surface area (TPSA) is 94.0 Å². The van der Waals surface area contributed by atoms with Crippen molar-refractivity contribution in [1.29, 1.82) is 0 Å². The molecular weight excluding hydrogens is 380 g/mol. The molecule has 7 nitrogen and oxygen atoms in total. The summed E-state index contributed by atoms with van der Waals surface area (Å²) in [6.45, 7) is 0. The summed E-state index contributed by atoms with van der Waals surface area (Å²) in [6.07, 6.45) is -0.300. The van der Waals surface area contributed by atoms with Crippen LogP contribution in [0.15, 0.2) is 90.0 Å². The van der Waals surface area contributed by atoms with Crippen LogP contribution in [0.25, 0.3) is 0 Å². The lowest BCUT2D eigenvalue weighted by molar-refractivity contribution is 0.0646. The number of carbonyl (C=O) groups excluding carboxylic acids is 2. The van der Waals surface area contributed by atoms with Gasteiger partial charge in [0.05, 0.1) is 5.71 Å². The Hall–Kier alpha value is -3.97. The molecule has 2 amide bonds. The van der Waals surface area contributed by atoms with Gasteiger partial charge in [-0.15, -0.1) is 0 Å². The molecule has 0 aromatic heterocycles. The Bertz CT molecular complexity index is 1080. The van der Waals surface area contributed by atoms with Gasteiger partial charge < -0.3 is 5.11 Å². The van der Waals surface area contributed by atoms with Crippen molar-refractivity contribution >= 4 is 17.5 Å². The van der Waals surface area contributed by atoms with E-state index in [-0.39, 0.29) is 17.6 Å². The highest BCUT2D eigenvalue weighted by Gasteiger charge is 2.33. The van der Waals surface area contributed by atoms with E-state index in [1.165, 1.54) is 5.01 Å². The van der Waals surface area contributed by atoms with Crippen LogP contribution in [0.2, 0.25) is 0 Å². The van der Waals surface area contributed by atoms with Gasteiger partial charge in [0.1, 0.15) is 11.9 Å². The Morgan fingerprint density at radius 1 is 0.867 bits per heavy atom. The van der Waals surface area contributed by atoms with Crippen LogP contribution >= 0.6 is 0 Å². The van der Waals surface area contributed by atoms with Gasteiger partial charge in [-0.3, -0.25) is 15.0 Å². The number of phenols is 1. The maximum atomic E-state index is 13.0. The lowest BCUT2D eigenvalue weighted by Gasteiger charge is -2.23. The van der Waals surface area contributed by atoms with E-state index < -0.39 is 6.17 Å². The molecule has 150 valence electrons. The minimum atomic E-state index is -0.611. The average Bonchev–Trinajstić information content (AvgIpc) is 3.22. The Morgan fingerprint density at radius 2 is 1.47 bits per heavy atom. The molecule has 4 rings (SSSR count). The number of phenolic OH excluding ortho intramolecular Hbond substituents is 1. The van der Waals surface area contributed by atoms with Crippen molar-refractivity contribution in [2.75, 3.05) is 0 Å². The Labute approximate surface area is 173 Å². The van der Waals surface area contributed by atoms with Crippen molar-refractivity contribution in [2.24, 2.45) is 5.10 Å². The minimum absolute atomic E-state index is 0.0809. The van der Waals surface area contributed by atoms with E-state index >= 15 is 0 Å². The van der Waals surface area contributed by atoms with Crippen molar-refractivity contribution < 1.29 is 14.7 Å². The van der Waals surface area contributed by atoms with Crippen molar-refractivity contribution in [3.05, 3.63) is 102 Å². The molecule has 1 aliphatic rings. The van der Waals surface area contributed by atoms with Crippen molar-refractivity contribution in [1.82, 2.24) is 15.9 Å². The van der Waals surface area contributed by atoms with E-state index in [1.807, 2.05) is 12.1 Å². The van der Waals surface area contributed by atoms with Gasteiger partial charge in [0, 0.05) is 23.1 Å². The molecule has 30 heavy (non-hydrogen) atoms. The maximum Gasteiger partial charge on any atom is 0.275 e. The van der Waals surface area contributed by atoms with Gasteiger partial charge in [-0.05, 0) is 36.4 Å². The number of rotatable bonds is 5. The molecule has 3 aromatic rings. The zero-order valence-electron chi connectivity index (χ0n) is 16.0. The highest BCUT2D eigenvalue weighted by molar-refractivity contribution is 6.06. The van der Waals surface area contributed by atoms with E-state index in [0.717, 1.165) is 0 Å². The first-order chi connectivity index (χ1) is 14.6. The summed E-state index contributed by atoms with van der Waals surface area (Å²) in [7, 11) is 0. The van der Waals surface area contributed by atoms with Crippen LogP contribution in [-0.4, -0.2) is 33.8 Å². The largest absolute Gasteiger partial charge is 0.507 e. The standard InChI is InChI=1S/C23H20N4O3/c28-20-14-8-7-13-18(20)19-15-21(24-25-22(29)16-9-3-1-4-10-16)27(26-19)23(30)17-11-5-2-6-12-17/h1-14,21,24,28H,15H2,(H,25,29)/t21-/m1/s1. The van der Waals surface area contributed by atoms with E-state index in [2.05, 4.69) is 16.0 Å². The summed E-state index contributed by atoms with van der Waals surface area (Å²) in [5.41, 5.74) is 7.61. The number of carbonyl (C=O) groups is 2. The summed E-state index contributed by atoms with van der Waals surface area (Å²) in [4.78, 5) is 25.4. The average molecular weight is 400 g/mol. The third-order valence-electron chi connectivity index (χ3n) is 4.74. The predicted molar refractivity (Wildman–Crippen MR) is 113 cm³/mol. The summed E-state index contributed by atoms with van der Waals surface area (Å²) in [5, 5.41) is 15.9. The number of nitrogens with zero attached hydrogens (tertiary/aromatic N) is 2. The predicted octanol–water partition coefficient (Wildman–Crippen LogP) is 2.90. The molecule has 0 aliphatic carbocycles. The Kier molecular flexibility index (Phi) is 5.54. The number of aromatic hydroxyl groups is 1. The van der Waals surface area contributed by atoms with Gasteiger partial charge in [-0.1, -0.05) is 48.5 Å². The van der Waals surface area contributed by atoms with E-state index in [1.54, 1.807) is 72.8 Å². The summed E-state index contributed by atoms with van der Waals surface area (Å²) >= 11 is 0. The number of hydrazine groups is 1. The van der Waals surface area contributed by atoms with Crippen LogP contribution in [-0.2, 0) is 0 Å². The van der Waals surface area contributed by atoms with Gasteiger partial charge in [0.2, 0.25) is 0 Å². The van der Waals surface area contributed by atoms with Crippen LogP contribution in [0.1, 0.15) is 32.7 Å². The number of benzene rings is 3. The van der Waals surface area contributed by atoms with Crippen LogP contribution in [0.5, 0.6) is 5.75 Å². The molecule has 3 N–H and O–H groups in total. The first-order valence-corrected chi connectivity index (χ1v) is 9.49. The molecule has 1 aliphatic heterocycles. The Morgan fingerprint density at radius 3 is 2.13 bits per heavy atom. The fourth-order valence-electron chi connectivity index (χ4n) is 3.21.